The van der Waals surface area contributed by atoms with E-state index in [4.69, 9.17) is 0 Å². The van der Waals surface area contributed by atoms with E-state index in [-0.39, 0.29) is 46.3 Å². The number of rotatable bonds is 3. The molecule has 1 atom stereocenters. The fourth-order valence-electron chi connectivity index (χ4n) is 2.11. The second-order valence-corrected chi connectivity index (χ2v) is 4.65. The zero-order valence-corrected chi connectivity index (χ0v) is 14.3. The third-order valence-corrected chi connectivity index (χ3v) is 3.34. The number of ketones is 1. The molecule has 0 radical (unpaired) electrons. The van der Waals surface area contributed by atoms with Gasteiger partial charge in [-0.3, -0.25) is 4.79 Å². The molecule has 0 heterocycles. The Morgan fingerprint density at radius 3 is 2.19 bits per heavy atom. The second kappa shape index (κ2) is 9.87. The van der Waals surface area contributed by atoms with E-state index in [2.05, 4.69) is 0 Å². The molecule has 21 heavy (non-hydrogen) atoms. The molecular weight excluding hydrogens is 283 g/mol. The number of benzene rings is 1. The normalized spacial score (nSPS) is 16.4. The zero-order valence-electron chi connectivity index (χ0n) is 12.3. The van der Waals surface area contributed by atoms with Crippen LogP contribution in [0, 0.1) is 0 Å². The van der Waals surface area contributed by atoms with Crippen LogP contribution in [0.1, 0.15) is 43.2 Å². The van der Waals surface area contributed by atoms with Crippen molar-refractivity contribution < 1.29 is 55.2 Å². The van der Waals surface area contributed by atoms with Crippen LogP contribution in [-0.4, -0.2) is 22.7 Å². The number of carboxylic acid groups (broad SMARTS) is 1. The zero-order chi connectivity index (χ0) is 13.1. The molecule has 1 unspecified atom stereocenters. The summed E-state index contributed by atoms with van der Waals surface area (Å²) in [6.45, 7) is 1.60. The molecule has 6 heteroatoms. The van der Waals surface area contributed by atoms with Crippen molar-refractivity contribution in [3.8, 4) is 0 Å². The fourth-order valence-corrected chi connectivity index (χ4v) is 2.11. The standard InChI is InChI=1S/C15H16O3.Na.2H2O/c1-10(15(17)18)12-7-5-11(6-8-12)9-13-3-2-4-14(13)16;;;/h5-10H,2-4H2,1H3,(H,17,18);;2*1H2/q;+1;;/p-1. The van der Waals surface area contributed by atoms with Gasteiger partial charge in [-0.25, -0.2) is 0 Å². The van der Waals surface area contributed by atoms with Crippen molar-refractivity contribution >= 4 is 17.8 Å². The molecule has 0 saturated heterocycles. The Labute approximate surface area is 146 Å². The molecule has 1 aromatic rings. The van der Waals surface area contributed by atoms with Gasteiger partial charge in [0, 0.05) is 18.3 Å². The fraction of sp³-hybridized carbons (Fsp3) is 0.333. The smallest absolute Gasteiger partial charge is 0.550 e. The molecule has 1 aliphatic rings. The maximum atomic E-state index is 11.5. The second-order valence-electron chi connectivity index (χ2n) is 4.65. The summed E-state index contributed by atoms with van der Waals surface area (Å²) in [5.74, 6) is -1.46. The van der Waals surface area contributed by atoms with E-state index in [1.165, 1.54) is 0 Å². The molecule has 4 N–H and O–H groups in total. The van der Waals surface area contributed by atoms with Crippen molar-refractivity contribution in [1.29, 1.82) is 0 Å². The minimum absolute atomic E-state index is 0. The third kappa shape index (κ3) is 5.73. The molecule has 0 aliphatic heterocycles. The Bertz CT molecular complexity index is 507. The van der Waals surface area contributed by atoms with E-state index in [0.717, 1.165) is 29.5 Å². The van der Waals surface area contributed by atoms with Crippen molar-refractivity contribution in [1.82, 2.24) is 0 Å². The molecule has 1 fully saturated rings. The summed E-state index contributed by atoms with van der Waals surface area (Å²) < 4.78 is 0. The minimum Gasteiger partial charge on any atom is -0.550 e. The van der Waals surface area contributed by atoms with Gasteiger partial charge in [0.2, 0.25) is 0 Å². The number of carbonyl (C=O) groups is 2. The van der Waals surface area contributed by atoms with Gasteiger partial charge in [0.25, 0.3) is 0 Å². The first-order chi connectivity index (χ1) is 8.58. The van der Waals surface area contributed by atoms with Crippen molar-refractivity contribution in [2.24, 2.45) is 0 Å². The number of carbonyl (C=O) groups excluding carboxylic acids is 2. The predicted molar refractivity (Wildman–Crippen MR) is 73.9 cm³/mol. The Morgan fingerprint density at radius 1 is 1.19 bits per heavy atom. The summed E-state index contributed by atoms with van der Waals surface area (Å²) in [6.07, 6.45) is 4.31. The van der Waals surface area contributed by atoms with Crippen molar-refractivity contribution in [2.45, 2.75) is 32.1 Å². The molecule has 1 aliphatic carbocycles. The van der Waals surface area contributed by atoms with E-state index in [1.54, 1.807) is 19.1 Å². The molecule has 110 valence electrons. The molecule has 0 amide bonds. The van der Waals surface area contributed by atoms with Crippen LogP contribution in [0.5, 0.6) is 0 Å². The summed E-state index contributed by atoms with van der Waals surface area (Å²) in [6, 6.07) is 7.22. The summed E-state index contributed by atoms with van der Waals surface area (Å²) in [4.78, 5) is 22.2. The van der Waals surface area contributed by atoms with E-state index in [0.29, 0.717) is 6.42 Å². The number of hydrogen-bond acceptors (Lipinski definition) is 3. The van der Waals surface area contributed by atoms with Crippen LogP contribution in [0.2, 0.25) is 0 Å². The first-order valence-corrected chi connectivity index (χ1v) is 6.12. The van der Waals surface area contributed by atoms with Crippen LogP contribution in [0.15, 0.2) is 29.8 Å². The molecular formula is C15H19NaO5. The topological polar surface area (TPSA) is 120 Å². The van der Waals surface area contributed by atoms with Crippen LogP contribution >= 0.6 is 0 Å². The monoisotopic (exact) mass is 302 g/mol. The van der Waals surface area contributed by atoms with E-state index in [9.17, 15) is 14.7 Å². The van der Waals surface area contributed by atoms with Gasteiger partial charge >= 0.3 is 29.6 Å². The van der Waals surface area contributed by atoms with Crippen LogP contribution in [-0.2, 0) is 9.59 Å². The Hall–Kier alpha value is -0.980. The van der Waals surface area contributed by atoms with Crippen LogP contribution in [0.25, 0.3) is 6.08 Å². The van der Waals surface area contributed by atoms with Gasteiger partial charge in [0.1, 0.15) is 0 Å². The van der Waals surface area contributed by atoms with E-state index >= 15 is 0 Å². The van der Waals surface area contributed by atoms with Gasteiger partial charge in [0.05, 0.1) is 0 Å². The number of hydrogen-bond donors (Lipinski definition) is 0. The average molecular weight is 302 g/mol. The number of carboxylic acids is 1. The van der Waals surface area contributed by atoms with Gasteiger partial charge in [0.15, 0.2) is 5.78 Å². The molecule has 2 rings (SSSR count). The summed E-state index contributed by atoms with van der Waals surface area (Å²) in [5.41, 5.74) is 2.53. The number of allylic oxidation sites excluding steroid dienone is 1. The molecule has 1 aromatic carbocycles. The summed E-state index contributed by atoms with van der Waals surface area (Å²) >= 11 is 0. The quantitative estimate of drug-likeness (QED) is 0.438. The van der Waals surface area contributed by atoms with Crippen LogP contribution < -0.4 is 34.7 Å². The Balaban J connectivity index is 0. The van der Waals surface area contributed by atoms with Gasteiger partial charge in [-0.15, -0.1) is 0 Å². The van der Waals surface area contributed by atoms with Crippen LogP contribution in [0.3, 0.4) is 0 Å². The van der Waals surface area contributed by atoms with Crippen LogP contribution in [0.4, 0.5) is 0 Å². The largest absolute Gasteiger partial charge is 1.00 e. The van der Waals surface area contributed by atoms with Crippen molar-refractivity contribution in [3.63, 3.8) is 0 Å². The van der Waals surface area contributed by atoms with Gasteiger partial charge in [-0.05, 0) is 35.6 Å². The maximum Gasteiger partial charge on any atom is 1.00 e. The van der Waals surface area contributed by atoms with E-state index < -0.39 is 11.9 Å². The first-order valence-electron chi connectivity index (χ1n) is 6.12. The average Bonchev–Trinajstić information content (AvgIpc) is 2.75. The molecule has 1 saturated carbocycles. The molecule has 5 nitrogen and oxygen atoms in total. The van der Waals surface area contributed by atoms with Gasteiger partial charge in [-0.2, -0.15) is 0 Å². The first kappa shape index (κ1) is 22.3. The van der Waals surface area contributed by atoms with E-state index in [1.807, 2.05) is 18.2 Å². The maximum absolute atomic E-state index is 11.5. The Morgan fingerprint density at radius 2 is 1.76 bits per heavy atom. The molecule has 0 aromatic heterocycles. The molecule has 0 spiro atoms. The molecule has 0 bridgehead atoms. The Kier molecular flexibility index (Phi) is 10.5. The summed E-state index contributed by atoms with van der Waals surface area (Å²) in [5, 5.41) is 10.7. The van der Waals surface area contributed by atoms with Gasteiger partial charge < -0.3 is 20.9 Å². The van der Waals surface area contributed by atoms with Gasteiger partial charge in [-0.1, -0.05) is 31.2 Å². The number of aliphatic carboxylic acids is 1. The van der Waals surface area contributed by atoms with Crippen molar-refractivity contribution in [3.05, 3.63) is 41.0 Å². The predicted octanol–water partition coefficient (Wildman–Crippen LogP) is -2.97. The number of Topliss-reactive ketones (excluding diaryl/α,β-unsaturated/α-hetero) is 1. The van der Waals surface area contributed by atoms with Crippen molar-refractivity contribution in [2.75, 3.05) is 0 Å². The SMILES string of the molecule is CC(C(=O)[O-])c1ccc(C=C2CCCC2=O)cc1.O.O.[Na+]. The summed E-state index contributed by atoms with van der Waals surface area (Å²) in [7, 11) is 0. The third-order valence-electron chi connectivity index (χ3n) is 3.34. The minimum atomic E-state index is -1.08.